The molecular formula is C18H19N5OS2. The summed E-state index contributed by atoms with van der Waals surface area (Å²) in [5, 5.41) is 4.70. The fourth-order valence-electron chi connectivity index (χ4n) is 3.03. The fourth-order valence-corrected chi connectivity index (χ4v) is 4.39. The first-order valence-corrected chi connectivity index (χ1v) is 10.6. The molecule has 0 aliphatic carbocycles. The third-order valence-electron chi connectivity index (χ3n) is 4.37. The number of hydrogen-bond acceptors (Lipinski definition) is 7. The Morgan fingerprint density at radius 2 is 2.04 bits per heavy atom. The molecule has 1 saturated heterocycles. The smallest absolute Gasteiger partial charge is 0.261 e. The molecule has 0 spiro atoms. The maximum atomic E-state index is 12.6. The Bertz CT molecular complexity index is 922. The first-order chi connectivity index (χ1) is 12.7. The van der Waals surface area contributed by atoms with Gasteiger partial charge in [0.25, 0.3) is 5.91 Å². The van der Waals surface area contributed by atoms with Crippen molar-refractivity contribution >= 4 is 45.0 Å². The number of nitrogens with zero attached hydrogens (tertiary/aromatic N) is 4. The predicted octanol–water partition coefficient (Wildman–Crippen LogP) is 3.34. The standard InChI is InChI=1S/C18H19N5OS2/c1-25-18-21-15(23-8-2-3-9-23)13-10-14(26-17(13)22-18)16(24)20-11-12-4-6-19-7-5-12/h4-7,10H,2-3,8-9,11H2,1H3,(H,20,24). The number of nitrogens with one attached hydrogen (secondary N) is 1. The first-order valence-electron chi connectivity index (χ1n) is 8.52. The lowest BCUT2D eigenvalue weighted by molar-refractivity contribution is 0.0955. The SMILES string of the molecule is CSc1nc(N2CCCC2)c2cc(C(=O)NCc3ccncc3)sc2n1. The summed E-state index contributed by atoms with van der Waals surface area (Å²) in [5.74, 6) is 0.879. The number of carbonyl (C=O) groups excluding carboxylic acids is 1. The third kappa shape index (κ3) is 3.52. The zero-order valence-electron chi connectivity index (χ0n) is 14.4. The van der Waals surface area contributed by atoms with Crippen LogP contribution >= 0.6 is 23.1 Å². The lowest BCUT2D eigenvalue weighted by atomic mass is 10.2. The Morgan fingerprint density at radius 3 is 2.77 bits per heavy atom. The van der Waals surface area contributed by atoms with E-state index in [1.165, 1.54) is 35.9 Å². The number of fused-ring (bicyclic) bond motifs is 1. The second-order valence-corrected chi connectivity index (χ2v) is 7.90. The van der Waals surface area contributed by atoms with Crippen molar-refractivity contribution in [3.8, 4) is 0 Å². The van der Waals surface area contributed by atoms with E-state index in [4.69, 9.17) is 4.98 Å². The average Bonchev–Trinajstić information content (AvgIpc) is 3.35. The van der Waals surface area contributed by atoms with Gasteiger partial charge in [-0.05, 0) is 42.9 Å². The van der Waals surface area contributed by atoms with E-state index in [1.807, 2.05) is 24.5 Å². The Labute approximate surface area is 160 Å². The summed E-state index contributed by atoms with van der Waals surface area (Å²) in [6.45, 7) is 2.51. The van der Waals surface area contributed by atoms with Crippen molar-refractivity contribution in [2.45, 2.75) is 24.5 Å². The Hall–Kier alpha value is -2.19. The zero-order valence-corrected chi connectivity index (χ0v) is 16.1. The monoisotopic (exact) mass is 385 g/mol. The minimum absolute atomic E-state index is 0.0807. The number of carbonyl (C=O) groups is 1. The molecule has 134 valence electrons. The van der Waals surface area contributed by atoms with Gasteiger partial charge in [0, 0.05) is 32.0 Å². The van der Waals surface area contributed by atoms with Gasteiger partial charge < -0.3 is 10.2 Å². The highest BCUT2D eigenvalue weighted by Crippen LogP contribution is 2.34. The lowest BCUT2D eigenvalue weighted by Crippen LogP contribution is -2.21. The van der Waals surface area contributed by atoms with Gasteiger partial charge in [0.2, 0.25) is 0 Å². The molecule has 3 aromatic heterocycles. The van der Waals surface area contributed by atoms with Crippen molar-refractivity contribution < 1.29 is 4.79 Å². The van der Waals surface area contributed by atoms with E-state index >= 15 is 0 Å². The summed E-state index contributed by atoms with van der Waals surface area (Å²) in [6.07, 6.45) is 7.80. The summed E-state index contributed by atoms with van der Waals surface area (Å²) < 4.78 is 0. The predicted molar refractivity (Wildman–Crippen MR) is 106 cm³/mol. The zero-order chi connectivity index (χ0) is 17.9. The lowest BCUT2D eigenvalue weighted by Gasteiger charge is -2.17. The Balaban J connectivity index is 1.61. The number of thiophene rings is 1. The van der Waals surface area contributed by atoms with Crippen molar-refractivity contribution in [3.63, 3.8) is 0 Å². The molecule has 1 aliphatic rings. The van der Waals surface area contributed by atoms with E-state index in [0.29, 0.717) is 11.4 Å². The van der Waals surface area contributed by atoms with Crippen LogP contribution in [-0.4, -0.2) is 40.2 Å². The molecule has 4 rings (SSSR count). The molecule has 6 nitrogen and oxygen atoms in total. The molecule has 0 aromatic carbocycles. The molecule has 0 atom stereocenters. The summed E-state index contributed by atoms with van der Waals surface area (Å²) >= 11 is 2.96. The van der Waals surface area contributed by atoms with Crippen LogP contribution in [0.25, 0.3) is 10.2 Å². The maximum absolute atomic E-state index is 12.6. The topological polar surface area (TPSA) is 71.0 Å². The van der Waals surface area contributed by atoms with Gasteiger partial charge in [-0.2, -0.15) is 0 Å². The van der Waals surface area contributed by atoms with Gasteiger partial charge in [0.15, 0.2) is 5.16 Å². The van der Waals surface area contributed by atoms with E-state index in [9.17, 15) is 4.79 Å². The highest BCUT2D eigenvalue weighted by Gasteiger charge is 2.21. The quantitative estimate of drug-likeness (QED) is 0.537. The van der Waals surface area contributed by atoms with Crippen LogP contribution in [0.15, 0.2) is 35.7 Å². The fraction of sp³-hybridized carbons (Fsp3) is 0.333. The van der Waals surface area contributed by atoms with Crippen LogP contribution < -0.4 is 10.2 Å². The summed E-state index contributed by atoms with van der Waals surface area (Å²) in [7, 11) is 0. The number of thioether (sulfide) groups is 1. The molecule has 0 saturated carbocycles. The van der Waals surface area contributed by atoms with Crippen molar-refractivity contribution in [1.82, 2.24) is 20.3 Å². The molecule has 1 fully saturated rings. The van der Waals surface area contributed by atoms with Crippen molar-refractivity contribution in [2.24, 2.45) is 0 Å². The number of aromatic nitrogens is 3. The van der Waals surface area contributed by atoms with Gasteiger partial charge >= 0.3 is 0 Å². The van der Waals surface area contributed by atoms with Gasteiger partial charge in [-0.3, -0.25) is 9.78 Å². The van der Waals surface area contributed by atoms with Crippen LogP contribution in [0.3, 0.4) is 0 Å². The number of pyridine rings is 1. The average molecular weight is 386 g/mol. The van der Waals surface area contributed by atoms with Gasteiger partial charge in [-0.15, -0.1) is 11.3 Å². The highest BCUT2D eigenvalue weighted by atomic mass is 32.2. The van der Waals surface area contributed by atoms with E-state index in [-0.39, 0.29) is 5.91 Å². The second-order valence-electron chi connectivity index (χ2n) is 6.10. The molecule has 26 heavy (non-hydrogen) atoms. The normalized spacial score (nSPS) is 14.1. The van der Waals surface area contributed by atoms with Crippen LogP contribution in [0, 0.1) is 0 Å². The molecule has 0 bridgehead atoms. The largest absolute Gasteiger partial charge is 0.356 e. The molecule has 3 aromatic rings. The molecule has 4 heterocycles. The van der Waals surface area contributed by atoms with Crippen molar-refractivity contribution in [2.75, 3.05) is 24.2 Å². The van der Waals surface area contributed by atoms with E-state index in [1.54, 1.807) is 12.4 Å². The number of rotatable bonds is 5. The van der Waals surface area contributed by atoms with Gasteiger partial charge in [0.05, 0.1) is 10.3 Å². The van der Waals surface area contributed by atoms with Crippen molar-refractivity contribution in [3.05, 3.63) is 41.0 Å². The van der Waals surface area contributed by atoms with Crippen LogP contribution in [0.2, 0.25) is 0 Å². The van der Waals surface area contributed by atoms with E-state index in [0.717, 1.165) is 39.8 Å². The van der Waals surface area contributed by atoms with Gasteiger partial charge in [0.1, 0.15) is 10.6 Å². The summed E-state index contributed by atoms with van der Waals surface area (Å²) in [6, 6.07) is 5.72. The molecule has 0 unspecified atom stereocenters. The summed E-state index contributed by atoms with van der Waals surface area (Å²) in [4.78, 5) is 29.7. The highest BCUT2D eigenvalue weighted by molar-refractivity contribution is 7.98. The summed E-state index contributed by atoms with van der Waals surface area (Å²) in [5.41, 5.74) is 1.02. The molecule has 1 amide bonds. The van der Waals surface area contributed by atoms with Crippen LogP contribution in [0.1, 0.15) is 28.1 Å². The molecule has 0 radical (unpaired) electrons. The van der Waals surface area contributed by atoms with Gasteiger partial charge in [-0.1, -0.05) is 11.8 Å². The first kappa shape index (κ1) is 17.2. The van der Waals surface area contributed by atoms with Gasteiger partial charge in [-0.25, -0.2) is 9.97 Å². The number of anilines is 1. The second kappa shape index (κ2) is 7.59. The Morgan fingerprint density at radius 1 is 1.27 bits per heavy atom. The number of amides is 1. The van der Waals surface area contributed by atoms with E-state index in [2.05, 4.69) is 20.2 Å². The molecule has 1 aliphatic heterocycles. The molecule has 1 N–H and O–H groups in total. The third-order valence-corrected chi connectivity index (χ3v) is 5.94. The minimum Gasteiger partial charge on any atom is -0.356 e. The van der Waals surface area contributed by atoms with Crippen LogP contribution in [-0.2, 0) is 6.54 Å². The molecule has 8 heteroatoms. The maximum Gasteiger partial charge on any atom is 0.261 e. The van der Waals surface area contributed by atoms with Crippen LogP contribution in [0.5, 0.6) is 0 Å². The van der Waals surface area contributed by atoms with Crippen molar-refractivity contribution in [1.29, 1.82) is 0 Å². The minimum atomic E-state index is -0.0807. The molecular weight excluding hydrogens is 366 g/mol. The van der Waals surface area contributed by atoms with E-state index < -0.39 is 0 Å². The Kier molecular flexibility index (Phi) is 5.03. The number of hydrogen-bond donors (Lipinski definition) is 1. The van der Waals surface area contributed by atoms with Crippen LogP contribution in [0.4, 0.5) is 5.82 Å².